The van der Waals surface area contributed by atoms with Crippen molar-refractivity contribution in [2.45, 2.75) is 51.2 Å². The van der Waals surface area contributed by atoms with Crippen LogP contribution in [-0.4, -0.2) is 59.5 Å². The summed E-state index contributed by atoms with van der Waals surface area (Å²) in [5, 5.41) is 12.0. The lowest BCUT2D eigenvalue weighted by atomic mass is 9.98. The summed E-state index contributed by atoms with van der Waals surface area (Å²) in [4.78, 5) is 38.1. The van der Waals surface area contributed by atoms with E-state index < -0.39 is 29.8 Å². The number of carboxylic acids is 1. The summed E-state index contributed by atoms with van der Waals surface area (Å²) in [6.07, 6.45) is -0.316. The number of carboxylic acid groups (broad SMARTS) is 1. The molecule has 1 aliphatic heterocycles. The van der Waals surface area contributed by atoms with Crippen LogP contribution in [0.1, 0.15) is 50.7 Å². The molecule has 0 spiro atoms. The van der Waals surface area contributed by atoms with Crippen LogP contribution in [0, 0.1) is 5.92 Å². The highest BCUT2D eigenvalue weighted by molar-refractivity contribution is 5.80. The first-order valence-corrected chi connectivity index (χ1v) is 11.9. The fourth-order valence-corrected chi connectivity index (χ4v) is 4.88. The van der Waals surface area contributed by atoms with Crippen molar-refractivity contribution in [2.24, 2.45) is 5.92 Å². The van der Waals surface area contributed by atoms with Crippen LogP contribution in [0.25, 0.3) is 11.1 Å². The molecule has 0 bridgehead atoms. The zero-order chi connectivity index (χ0) is 25.2. The molecule has 0 saturated carbocycles. The van der Waals surface area contributed by atoms with Gasteiger partial charge in [0.1, 0.15) is 18.2 Å². The minimum atomic E-state index is -1.13. The Labute approximate surface area is 205 Å². The van der Waals surface area contributed by atoms with Crippen LogP contribution < -0.4 is 5.32 Å². The molecule has 2 atom stereocenters. The summed E-state index contributed by atoms with van der Waals surface area (Å²) in [6, 6.07) is 15.2. The lowest BCUT2D eigenvalue weighted by Gasteiger charge is -2.23. The van der Waals surface area contributed by atoms with Gasteiger partial charge in [-0.15, -0.1) is 0 Å². The Morgan fingerprint density at radius 1 is 1.06 bits per heavy atom. The predicted octanol–water partition coefficient (Wildman–Crippen LogP) is 4.63. The highest BCUT2D eigenvalue weighted by atomic mass is 16.6. The molecule has 8 heteroatoms. The summed E-state index contributed by atoms with van der Waals surface area (Å²) in [5.41, 5.74) is 3.92. The molecular formula is C27H32N2O6. The summed E-state index contributed by atoms with van der Waals surface area (Å²) in [6.45, 7) is 6.26. The van der Waals surface area contributed by atoms with Crippen LogP contribution in [0.2, 0.25) is 0 Å². The number of hydrogen-bond donors (Lipinski definition) is 2. The molecule has 186 valence electrons. The van der Waals surface area contributed by atoms with Crippen LogP contribution in [0.3, 0.4) is 0 Å². The van der Waals surface area contributed by atoms with Gasteiger partial charge in [-0.1, -0.05) is 48.5 Å². The maximum Gasteiger partial charge on any atom is 0.409 e. The first-order valence-electron chi connectivity index (χ1n) is 11.9. The Morgan fingerprint density at radius 3 is 2.23 bits per heavy atom. The number of amides is 2. The average Bonchev–Trinajstić information content (AvgIpc) is 3.39. The van der Waals surface area contributed by atoms with Crippen molar-refractivity contribution in [1.29, 1.82) is 0 Å². The van der Waals surface area contributed by atoms with Crippen molar-refractivity contribution in [3.05, 3.63) is 59.7 Å². The molecular weight excluding hydrogens is 448 g/mol. The van der Waals surface area contributed by atoms with Gasteiger partial charge in [-0.25, -0.2) is 14.4 Å². The second-order valence-corrected chi connectivity index (χ2v) is 10.2. The number of carbonyl (C=O) groups is 3. The molecule has 2 amide bonds. The van der Waals surface area contributed by atoms with Crippen molar-refractivity contribution in [3.63, 3.8) is 0 Å². The molecule has 2 N–H and O–H groups in total. The van der Waals surface area contributed by atoms with E-state index in [9.17, 15) is 19.5 Å². The molecule has 1 aliphatic carbocycles. The molecule has 1 fully saturated rings. The molecule has 2 aliphatic rings. The van der Waals surface area contributed by atoms with Gasteiger partial charge in [-0.3, -0.25) is 0 Å². The average molecular weight is 481 g/mol. The fourth-order valence-electron chi connectivity index (χ4n) is 4.88. The van der Waals surface area contributed by atoms with Crippen molar-refractivity contribution in [2.75, 3.05) is 19.7 Å². The Morgan fingerprint density at radius 2 is 1.66 bits per heavy atom. The number of ether oxygens (including phenoxy) is 2. The Hall–Kier alpha value is -3.55. The van der Waals surface area contributed by atoms with Gasteiger partial charge in [0.2, 0.25) is 0 Å². The van der Waals surface area contributed by atoms with E-state index in [1.807, 2.05) is 24.3 Å². The standard InChI is InChI=1S/C27H32N2O6/c1-27(2,3)35-25(32)28-23(24(30)31)14-17-12-13-29(15-17)26(33)34-16-22-20-10-6-4-8-18(20)19-9-5-7-11-21(19)22/h4-11,17,22-23H,12-16H2,1-3H3,(H,28,32)(H,30,31). The van der Waals surface area contributed by atoms with Gasteiger partial charge in [0.15, 0.2) is 0 Å². The monoisotopic (exact) mass is 480 g/mol. The Bertz CT molecular complexity index is 1060. The minimum Gasteiger partial charge on any atom is -0.480 e. The number of nitrogens with one attached hydrogen (secondary N) is 1. The maximum atomic E-state index is 12.8. The second-order valence-electron chi connectivity index (χ2n) is 10.2. The third kappa shape index (κ3) is 5.75. The summed E-state index contributed by atoms with van der Waals surface area (Å²) >= 11 is 0. The van der Waals surface area contributed by atoms with Crippen LogP contribution >= 0.6 is 0 Å². The number of benzene rings is 2. The number of nitrogens with zero attached hydrogens (tertiary/aromatic N) is 1. The second kappa shape index (κ2) is 9.98. The number of aliphatic carboxylic acids is 1. The van der Waals surface area contributed by atoms with E-state index in [2.05, 4.69) is 29.6 Å². The first kappa shape index (κ1) is 24.6. The Kier molecular flexibility index (Phi) is 7.00. The van der Waals surface area contributed by atoms with Gasteiger partial charge >= 0.3 is 18.2 Å². The van der Waals surface area contributed by atoms with Crippen molar-refractivity contribution in [1.82, 2.24) is 10.2 Å². The molecule has 2 aromatic rings. The van der Waals surface area contributed by atoms with Gasteiger partial charge in [0.05, 0.1) is 0 Å². The minimum absolute atomic E-state index is 0.0147. The lowest BCUT2D eigenvalue weighted by Crippen LogP contribution is -2.44. The van der Waals surface area contributed by atoms with Crippen molar-refractivity contribution in [3.8, 4) is 11.1 Å². The SMILES string of the molecule is CC(C)(C)OC(=O)NC(CC1CCN(C(=O)OCC2c3ccccc3-c3ccccc32)C1)C(=O)O. The van der Waals surface area contributed by atoms with Crippen LogP contribution in [0.15, 0.2) is 48.5 Å². The fraction of sp³-hybridized carbons (Fsp3) is 0.444. The predicted molar refractivity (Wildman–Crippen MR) is 130 cm³/mol. The van der Waals surface area contributed by atoms with Crippen LogP contribution in [0.4, 0.5) is 9.59 Å². The van der Waals surface area contributed by atoms with E-state index in [4.69, 9.17) is 9.47 Å². The third-order valence-electron chi connectivity index (χ3n) is 6.44. The zero-order valence-corrected chi connectivity index (χ0v) is 20.3. The molecule has 4 rings (SSSR count). The highest BCUT2D eigenvalue weighted by Crippen LogP contribution is 2.44. The molecule has 35 heavy (non-hydrogen) atoms. The number of rotatable bonds is 6. The maximum absolute atomic E-state index is 12.8. The van der Waals surface area contributed by atoms with E-state index in [-0.39, 0.29) is 24.9 Å². The van der Waals surface area contributed by atoms with E-state index in [0.29, 0.717) is 19.5 Å². The van der Waals surface area contributed by atoms with Crippen LogP contribution in [-0.2, 0) is 14.3 Å². The smallest absolute Gasteiger partial charge is 0.409 e. The molecule has 0 radical (unpaired) electrons. The number of likely N-dealkylation sites (tertiary alicyclic amines) is 1. The van der Waals surface area contributed by atoms with Gasteiger partial charge in [-0.05, 0) is 61.8 Å². The summed E-state index contributed by atoms with van der Waals surface area (Å²) < 4.78 is 10.9. The van der Waals surface area contributed by atoms with E-state index >= 15 is 0 Å². The third-order valence-corrected chi connectivity index (χ3v) is 6.44. The quantitative estimate of drug-likeness (QED) is 0.625. The normalized spacial score (nSPS) is 17.9. The molecule has 1 heterocycles. The Balaban J connectivity index is 1.32. The summed E-state index contributed by atoms with van der Waals surface area (Å²) in [5.74, 6) is -1.21. The molecule has 0 aromatic heterocycles. The van der Waals surface area contributed by atoms with Crippen molar-refractivity contribution < 1.29 is 29.0 Å². The van der Waals surface area contributed by atoms with Gasteiger partial charge < -0.3 is 24.8 Å². The van der Waals surface area contributed by atoms with Gasteiger partial charge in [0, 0.05) is 19.0 Å². The van der Waals surface area contributed by atoms with E-state index in [1.165, 1.54) is 11.1 Å². The van der Waals surface area contributed by atoms with E-state index in [0.717, 1.165) is 11.1 Å². The number of alkyl carbamates (subject to hydrolysis) is 1. The van der Waals surface area contributed by atoms with Gasteiger partial charge in [0.25, 0.3) is 0 Å². The number of hydrogen-bond acceptors (Lipinski definition) is 5. The largest absolute Gasteiger partial charge is 0.480 e. The molecule has 8 nitrogen and oxygen atoms in total. The molecule has 2 aromatic carbocycles. The number of carbonyl (C=O) groups excluding carboxylic acids is 2. The van der Waals surface area contributed by atoms with Crippen LogP contribution in [0.5, 0.6) is 0 Å². The van der Waals surface area contributed by atoms with Gasteiger partial charge in [-0.2, -0.15) is 0 Å². The highest BCUT2D eigenvalue weighted by Gasteiger charge is 2.34. The molecule has 1 saturated heterocycles. The van der Waals surface area contributed by atoms with E-state index in [1.54, 1.807) is 25.7 Å². The first-order chi connectivity index (χ1) is 16.6. The lowest BCUT2D eigenvalue weighted by molar-refractivity contribution is -0.140. The topological polar surface area (TPSA) is 105 Å². The van der Waals surface area contributed by atoms with Crippen molar-refractivity contribution >= 4 is 18.2 Å². The summed E-state index contributed by atoms with van der Waals surface area (Å²) in [7, 11) is 0. The number of fused-ring (bicyclic) bond motifs is 3. The molecule has 2 unspecified atom stereocenters. The zero-order valence-electron chi connectivity index (χ0n) is 20.3.